The Labute approximate surface area is 135 Å². The minimum absolute atomic E-state index is 0.112. The van der Waals surface area contributed by atoms with Gasteiger partial charge in [-0.15, -0.1) is 0 Å². The number of halogens is 2. The summed E-state index contributed by atoms with van der Waals surface area (Å²) in [5.41, 5.74) is 2.01. The summed E-state index contributed by atoms with van der Waals surface area (Å²) in [4.78, 5) is 9.19. The van der Waals surface area contributed by atoms with Crippen molar-refractivity contribution < 1.29 is 0 Å². The zero-order valence-corrected chi connectivity index (χ0v) is 13.6. The molecule has 2 nitrogen and oxygen atoms in total. The van der Waals surface area contributed by atoms with E-state index in [9.17, 15) is 0 Å². The van der Waals surface area contributed by atoms with Gasteiger partial charge in [0.1, 0.15) is 16.1 Å². The standard InChI is InChI=1S/C17H18Cl2N2/c1-2-7-13-14(18)20-16(21-15(13)19)17(10-6-11-17)12-8-4-3-5-9-12/h3-5,8-9H,2,6-7,10-11H2,1H3. The Morgan fingerprint density at radius 1 is 1.05 bits per heavy atom. The molecule has 0 aliphatic heterocycles. The van der Waals surface area contributed by atoms with Gasteiger partial charge in [-0.3, -0.25) is 0 Å². The van der Waals surface area contributed by atoms with E-state index in [1.165, 1.54) is 12.0 Å². The van der Waals surface area contributed by atoms with Gasteiger partial charge in [-0.25, -0.2) is 9.97 Å². The summed E-state index contributed by atoms with van der Waals surface area (Å²) in [5.74, 6) is 0.773. The van der Waals surface area contributed by atoms with E-state index >= 15 is 0 Å². The van der Waals surface area contributed by atoms with E-state index in [-0.39, 0.29) is 5.41 Å². The number of hydrogen-bond donors (Lipinski definition) is 0. The maximum Gasteiger partial charge on any atom is 0.142 e. The highest BCUT2D eigenvalue weighted by Crippen LogP contribution is 2.48. The average Bonchev–Trinajstić information content (AvgIpc) is 2.43. The van der Waals surface area contributed by atoms with Crippen molar-refractivity contribution in [1.29, 1.82) is 0 Å². The molecular formula is C17H18Cl2N2. The predicted octanol–water partition coefficient (Wildman–Crippen LogP) is 5.21. The van der Waals surface area contributed by atoms with Crippen molar-refractivity contribution in [3.63, 3.8) is 0 Å². The van der Waals surface area contributed by atoms with Crippen LogP contribution in [0.5, 0.6) is 0 Å². The summed E-state index contributed by atoms with van der Waals surface area (Å²) < 4.78 is 0. The molecule has 2 aromatic rings. The number of benzene rings is 1. The molecule has 1 fully saturated rings. The topological polar surface area (TPSA) is 25.8 Å². The van der Waals surface area contributed by atoms with E-state index in [4.69, 9.17) is 23.2 Å². The minimum Gasteiger partial charge on any atom is -0.220 e. The highest BCUT2D eigenvalue weighted by atomic mass is 35.5. The predicted molar refractivity (Wildman–Crippen MR) is 87.1 cm³/mol. The van der Waals surface area contributed by atoms with Gasteiger partial charge >= 0.3 is 0 Å². The fourth-order valence-corrected chi connectivity index (χ4v) is 3.61. The van der Waals surface area contributed by atoms with Crippen LogP contribution in [0.15, 0.2) is 30.3 Å². The second-order valence-electron chi connectivity index (χ2n) is 5.66. The van der Waals surface area contributed by atoms with Crippen LogP contribution in [-0.4, -0.2) is 9.97 Å². The van der Waals surface area contributed by atoms with Crippen LogP contribution in [0.4, 0.5) is 0 Å². The monoisotopic (exact) mass is 320 g/mol. The quantitative estimate of drug-likeness (QED) is 0.723. The van der Waals surface area contributed by atoms with Crippen molar-refractivity contribution in [2.45, 2.75) is 44.4 Å². The van der Waals surface area contributed by atoms with Gasteiger partial charge in [0.05, 0.1) is 5.41 Å². The summed E-state index contributed by atoms with van der Waals surface area (Å²) in [6, 6.07) is 10.4. The molecule has 0 spiro atoms. The second-order valence-corrected chi connectivity index (χ2v) is 6.38. The molecule has 3 rings (SSSR count). The molecule has 1 aliphatic rings. The van der Waals surface area contributed by atoms with Crippen molar-refractivity contribution in [3.05, 3.63) is 57.6 Å². The van der Waals surface area contributed by atoms with Gasteiger partial charge in [-0.05, 0) is 24.8 Å². The minimum atomic E-state index is -0.112. The molecule has 1 heterocycles. The summed E-state index contributed by atoms with van der Waals surface area (Å²) >= 11 is 12.7. The highest BCUT2D eigenvalue weighted by Gasteiger charge is 2.43. The van der Waals surface area contributed by atoms with E-state index in [0.29, 0.717) is 10.3 Å². The molecule has 1 aromatic carbocycles. The first-order chi connectivity index (χ1) is 10.2. The van der Waals surface area contributed by atoms with Crippen LogP contribution < -0.4 is 0 Å². The summed E-state index contributed by atoms with van der Waals surface area (Å²) in [6.45, 7) is 2.10. The average molecular weight is 321 g/mol. The molecule has 1 aliphatic carbocycles. The van der Waals surface area contributed by atoms with E-state index in [1.54, 1.807) is 0 Å². The van der Waals surface area contributed by atoms with Crippen molar-refractivity contribution in [2.24, 2.45) is 0 Å². The van der Waals surface area contributed by atoms with Gasteiger partial charge in [0, 0.05) is 5.56 Å². The van der Waals surface area contributed by atoms with Crippen LogP contribution in [0.25, 0.3) is 0 Å². The smallest absolute Gasteiger partial charge is 0.142 e. The molecule has 1 aromatic heterocycles. The lowest BCUT2D eigenvalue weighted by Crippen LogP contribution is -2.37. The van der Waals surface area contributed by atoms with Crippen LogP contribution in [0.2, 0.25) is 10.3 Å². The van der Waals surface area contributed by atoms with E-state index < -0.39 is 0 Å². The molecule has 0 atom stereocenters. The highest BCUT2D eigenvalue weighted by molar-refractivity contribution is 6.34. The van der Waals surface area contributed by atoms with Crippen LogP contribution in [-0.2, 0) is 11.8 Å². The zero-order chi connectivity index (χ0) is 14.9. The normalized spacial score (nSPS) is 16.5. The van der Waals surface area contributed by atoms with Crippen LogP contribution in [0.1, 0.15) is 49.6 Å². The third-order valence-electron chi connectivity index (χ3n) is 4.37. The number of nitrogens with zero attached hydrogens (tertiary/aromatic N) is 2. The molecule has 0 bridgehead atoms. The van der Waals surface area contributed by atoms with Crippen LogP contribution >= 0.6 is 23.2 Å². The summed E-state index contributed by atoms with van der Waals surface area (Å²) in [6.07, 6.45) is 5.08. The number of aromatic nitrogens is 2. The maximum atomic E-state index is 6.35. The van der Waals surface area contributed by atoms with Crippen LogP contribution in [0, 0.1) is 0 Å². The Kier molecular flexibility index (Phi) is 4.19. The lowest BCUT2D eigenvalue weighted by molar-refractivity contribution is 0.285. The van der Waals surface area contributed by atoms with Gasteiger partial charge in [0.25, 0.3) is 0 Å². The van der Waals surface area contributed by atoms with Gasteiger partial charge < -0.3 is 0 Å². The zero-order valence-electron chi connectivity index (χ0n) is 12.1. The molecule has 1 saturated carbocycles. The van der Waals surface area contributed by atoms with E-state index in [1.807, 2.05) is 6.07 Å². The SMILES string of the molecule is CCCc1c(Cl)nc(C2(c3ccccc3)CCC2)nc1Cl. The third-order valence-corrected chi connectivity index (χ3v) is 4.99. The lowest BCUT2D eigenvalue weighted by Gasteiger charge is -2.41. The summed E-state index contributed by atoms with van der Waals surface area (Å²) in [5, 5.41) is 1.02. The van der Waals surface area contributed by atoms with Crippen LogP contribution in [0.3, 0.4) is 0 Å². The van der Waals surface area contributed by atoms with Gasteiger partial charge in [0.15, 0.2) is 0 Å². The molecule has 0 saturated heterocycles. The molecule has 0 amide bonds. The fourth-order valence-electron chi connectivity index (χ4n) is 3.03. The Morgan fingerprint density at radius 3 is 2.14 bits per heavy atom. The maximum absolute atomic E-state index is 6.35. The molecule has 0 N–H and O–H groups in total. The van der Waals surface area contributed by atoms with Crippen molar-refractivity contribution >= 4 is 23.2 Å². The number of rotatable bonds is 4. The molecule has 0 unspecified atom stereocenters. The fraction of sp³-hybridized carbons (Fsp3) is 0.412. The lowest BCUT2D eigenvalue weighted by atomic mass is 9.64. The van der Waals surface area contributed by atoms with E-state index in [0.717, 1.165) is 37.1 Å². The largest absolute Gasteiger partial charge is 0.220 e. The Hall–Kier alpha value is -1.12. The Morgan fingerprint density at radius 2 is 1.67 bits per heavy atom. The second kappa shape index (κ2) is 5.94. The summed E-state index contributed by atoms with van der Waals surface area (Å²) in [7, 11) is 0. The van der Waals surface area contributed by atoms with Gasteiger partial charge in [-0.1, -0.05) is 73.3 Å². The number of hydrogen-bond acceptors (Lipinski definition) is 2. The van der Waals surface area contributed by atoms with Gasteiger partial charge in [0.2, 0.25) is 0 Å². The first-order valence-electron chi connectivity index (χ1n) is 7.45. The Balaban J connectivity index is 2.07. The molecule has 0 radical (unpaired) electrons. The van der Waals surface area contributed by atoms with Crippen molar-refractivity contribution in [2.75, 3.05) is 0 Å². The Bertz CT molecular complexity index is 613. The first kappa shape index (κ1) is 14.8. The first-order valence-corrected chi connectivity index (χ1v) is 8.21. The van der Waals surface area contributed by atoms with E-state index in [2.05, 4.69) is 41.2 Å². The van der Waals surface area contributed by atoms with Gasteiger partial charge in [-0.2, -0.15) is 0 Å². The van der Waals surface area contributed by atoms with Crippen molar-refractivity contribution in [3.8, 4) is 0 Å². The third kappa shape index (κ3) is 2.56. The van der Waals surface area contributed by atoms with Crippen molar-refractivity contribution in [1.82, 2.24) is 9.97 Å². The molecular weight excluding hydrogens is 303 g/mol. The molecule has 110 valence electrons. The molecule has 4 heteroatoms. The molecule has 21 heavy (non-hydrogen) atoms.